The number of fused-ring (bicyclic) bond motifs is 2. The molecule has 0 bridgehead atoms. The lowest BCUT2D eigenvalue weighted by atomic mass is 10.2. The summed E-state index contributed by atoms with van der Waals surface area (Å²) in [6, 6.07) is 16.2. The topological polar surface area (TPSA) is 60.9 Å². The molecule has 0 spiro atoms. The lowest BCUT2D eigenvalue weighted by Gasteiger charge is -2.04. The van der Waals surface area contributed by atoms with E-state index in [0.29, 0.717) is 0 Å². The average molecular weight is 358 g/mol. The Balaban J connectivity index is 1.55. The number of pyridine rings is 2. The van der Waals surface area contributed by atoms with E-state index in [4.69, 9.17) is 0 Å². The van der Waals surface area contributed by atoms with Crippen LogP contribution in [0.15, 0.2) is 77.2 Å². The van der Waals surface area contributed by atoms with Gasteiger partial charge in [0.1, 0.15) is 0 Å². The van der Waals surface area contributed by atoms with Crippen molar-refractivity contribution in [3.63, 3.8) is 0 Å². The van der Waals surface area contributed by atoms with E-state index in [9.17, 15) is 0 Å². The predicted molar refractivity (Wildman–Crippen MR) is 101 cm³/mol. The molecule has 0 atom stereocenters. The van der Waals surface area contributed by atoms with E-state index in [1.54, 1.807) is 22.6 Å². The number of aryl methyl sites for hydroxylation is 1. The van der Waals surface area contributed by atoms with E-state index in [-0.39, 0.29) is 0 Å². The average Bonchev–Trinajstić information content (AvgIpc) is 3.28. The molecule has 0 radical (unpaired) electrons. The smallest absolute Gasteiger partial charge is 0.200 e. The standard InChI is InChI=1S/C19H14N6S/c1-24-10-8-17(23-24)14-4-7-18-21-22-19(25(18)12-14)26-15-5-6-16-13(11-15)3-2-9-20-16/h2-12H,1H3. The molecule has 0 N–H and O–H groups in total. The number of benzene rings is 1. The summed E-state index contributed by atoms with van der Waals surface area (Å²) in [6.07, 6.45) is 5.77. The zero-order valence-electron chi connectivity index (χ0n) is 13.9. The number of hydrogen-bond acceptors (Lipinski definition) is 5. The third-order valence-electron chi connectivity index (χ3n) is 4.16. The second-order valence-electron chi connectivity index (χ2n) is 5.96. The summed E-state index contributed by atoms with van der Waals surface area (Å²) in [5, 5.41) is 15.0. The summed E-state index contributed by atoms with van der Waals surface area (Å²) in [6.45, 7) is 0. The first-order valence-electron chi connectivity index (χ1n) is 8.14. The van der Waals surface area contributed by atoms with Gasteiger partial charge in [0.05, 0.1) is 11.2 Å². The van der Waals surface area contributed by atoms with Crippen molar-refractivity contribution in [1.29, 1.82) is 0 Å². The van der Waals surface area contributed by atoms with Gasteiger partial charge in [-0.05, 0) is 54.2 Å². The highest BCUT2D eigenvalue weighted by molar-refractivity contribution is 7.99. The number of hydrogen-bond donors (Lipinski definition) is 0. The molecule has 6 nitrogen and oxygen atoms in total. The molecule has 4 aromatic heterocycles. The van der Waals surface area contributed by atoms with Crippen LogP contribution in [0.5, 0.6) is 0 Å². The first kappa shape index (κ1) is 15.1. The van der Waals surface area contributed by atoms with Gasteiger partial charge in [0, 0.05) is 41.5 Å². The monoisotopic (exact) mass is 358 g/mol. The second kappa shape index (κ2) is 5.96. The molecular formula is C19H14N6S. The minimum Gasteiger partial charge on any atom is -0.276 e. The van der Waals surface area contributed by atoms with Crippen LogP contribution in [0, 0.1) is 0 Å². The number of nitrogens with zero attached hydrogens (tertiary/aromatic N) is 6. The highest BCUT2D eigenvalue weighted by Gasteiger charge is 2.10. The van der Waals surface area contributed by atoms with Crippen LogP contribution in [0.3, 0.4) is 0 Å². The van der Waals surface area contributed by atoms with Gasteiger partial charge in [0.25, 0.3) is 0 Å². The lowest BCUT2D eigenvalue weighted by Crippen LogP contribution is -1.91. The van der Waals surface area contributed by atoms with Crippen LogP contribution in [0.1, 0.15) is 0 Å². The van der Waals surface area contributed by atoms with Gasteiger partial charge in [-0.3, -0.25) is 14.1 Å². The van der Waals surface area contributed by atoms with E-state index < -0.39 is 0 Å². The highest BCUT2D eigenvalue weighted by atomic mass is 32.2. The fraction of sp³-hybridized carbons (Fsp3) is 0.0526. The van der Waals surface area contributed by atoms with E-state index in [2.05, 4.69) is 38.5 Å². The normalized spacial score (nSPS) is 11.4. The summed E-state index contributed by atoms with van der Waals surface area (Å²) in [7, 11) is 1.91. The van der Waals surface area contributed by atoms with Crippen LogP contribution in [0.4, 0.5) is 0 Å². The Morgan fingerprint density at radius 2 is 1.96 bits per heavy atom. The Labute approximate surface area is 153 Å². The van der Waals surface area contributed by atoms with Crippen LogP contribution < -0.4 is 0 Å². The molecule has 5 rings (SSSR count). The van der Waals surface area contributed by atoms with E-state index >= 15 is 0 Å². The maximum atomic E-state index is 4.47. The lowest BCUT2D eigenvalue weighted by molar-refractivity contribution is 0.770. The summed E-state index contributed by atoms with van der Waals surface area (Å²) < 4.78 is 3.80. The van der Waals surface area contributed by atoms with Crippen LogP contribution in [0.25, 0.3) is 27.8 Å². The molecule has 0 aliphatic carbocycles. The van der Waals surface area contributed by atoms with Crippen LogP contribution in [-0.4, -0.2) is 29.4 Å². The van der Waals surface area contributed by atoms with E-state index in [1.165, 1.54) is 0 Å². The molecule has 7 heteroatoms. The first-order valence-corrected chi connectivity index (χ1v) is 8.95. The van der Waals surface area contributed by atoms with Gasteiger partial charge in [0.2, 0.25) is 0 Å². The van der Waals surface area contributed by atoms with Gasteiger partial charge in [-0.2, -0.15) is 5.10 Å². The molecule has 126 valence electrons. The summed E-state index contributed by atoms with van der Waals surface area (Å²) in [5.41, 5.74) is 3.76. The summed E-state index contributed by atoms with van der Waals surface area (Å²) >= 11 is 1.58. The Kier molecular flexibility index (Phi) is 3.46. The zero-order chi connectivity index (χ0) is 17.5. The first-order chi connectivity index (χ1) is 12.8. The van der Waals surface area contributed by atoms with Crippen molar-refractivity contribution < 1.29 is 0 Å². The Bertz CT molecular complexity index is 1240. The molecule has 4 heterocycles. The molecule has 0 unspecified atom stereocenters. The summed E-state index contributed by atoms with van der Waals surface area (Å²) in [4.78, 5) is 5.47. The molecule has 0 fully saturated rings. The quantitative estimate of drug-likeness (QED) is 0.490. The van der Waals surface area contributed by atoms with Gasteiger partial charge < -0.3 is 0 Å². The van der Waals surface area contributed by atoms with Gasteiger partial charge in [-0.15, -0.1) is 10.2 Å². The molecule has 0 saturated carbocycles. The van der Waals surface area contributed by atoms with Crippen LogP contribution >= 0.6 is 11.8 Å². The third kappa shape index (κ3) is 2.62. The van der Waals surface area contributed by atoms with Crippen molar-refractivity contribution in [2.24, 2.45) is 7.05 Å². The van der Waals surface area contributed by atoms with Gasteiger partial charge in [0.15, 0.2) is 10.8 Å². The molecule has 0 amide bonds. The van der Waals surface area contributed by atoms with Crippen molar-refractivity contribution in [2.45, 2.75) is 10.1 Å². The minimum absolute atomic E-state index is 0.814. The molecule has 5 aromatic rings. The SMILES string of the molecule is Cn1ccc(-c2ccc3nnc(Sc4ccc5ncccc5c4)n3c2)n1. The second-order valence-corrected chi connectivity index (χ2v) is 7.00. The maximum absolute atomic E-state index is 4.47. The van der Waals surface area contributed by atoms with Crippen LogP contribution in [-0.2, 0) is 7.05 Å². The van der Waals surface area contributed by atoms with Crippen molar-refractivity contribution in [1.82, 2.24) is 29.4 Å². The molecule has 0 aliphatic heterocycles. The fourth-order valence-electron chi connectivity index (χ4n) is 2.88. The van der Waals surface area contributed by atoms with Crippen molar-refractivity contribution in [3.8, 4) is 11.3 Å². The fourth-order valence-corrected chi connectivity index (χ4v) is 3.74. The number of rotatable bonds is 3. The van der Waals surface area contributed by atoms with Crippen molar-refractivity contribution in [2.75, 3.05) is 0 Å². The highest BCUT2D eigenvalue weighted by Crippen LogP contribution is 2.29. The van der Waals surface area contributed by atoms with Crippen molar-refractivity contribution >= 4 is 28.3 Å². The maximum Gasteiger partial charge on any atom is 0.200 e. The molecule has 0 aliphatic rings. The summed E-state index contributed by atoms with van der Waals surface area (Å²) in [5.74, 6) is 0. The number of aromatic nitrogens is 6. The Morgan fingerprint density at radius 3 is 2.85 bits per heavy atom. The van der Waals surface area contributed by atoms with Crippen molar-refractivity contribution in [3.05, 3.63) is 67.1 Å². The van der Waals surface area contributed by atoms with Gasteiger partial charge in [-0.25, -0.2) is 0 Å². The predicted octanol–water partition coefficient (Wildman–Crippen LogP) is 3.83. The largest absolute Gasteiger partial charge is 0.276 e. The minimum atomic E-state index is 0.814. The zero-order valence-corrected chi connectivity index (χ0v) is 14.8. The van der Waals surface area contributed by atoms with Gasteiger partial charge in [-0.1, -0.05) is 6.07 Å². The molecule has 26 heavy (non-hydrogen) atoms. The molecule has 1 aromatic carbocycles. The molecular weight excluding hydrogens is 344 g/mol. The van der Waals surface area contributed by atoms with E-state index in [0.717, 1.165) is 37.9 Å². The van der Waals surface area contributed by atoms with Gasteiger partial charge >= 0.3 is 0 Å². The Hall–Kier alpha value is -3.19. The van der Waals surface area contributed by atoms with E-state index in [1.807, 2.05) is 54.2 Å². The Morgan fingerprint density at radius 1 is 1.00 bits per heavy atom. The molecule has 0 saturated heterocycles. The van der Waals surface area contributed by atoms with Crippen LogP contribution in [0.2, 0.25) is 0 Å². The third-order valence-corrected chi connectivity index (χ3v) is 5.11.